The molecule has 3 heterocycles. The average Bonchev–Trinajstić information content (AvgIpc) is 2.83. The van der Waals surface area contributed by atoms with E-state index in [1.54, 1.807) is 15.9 Å². The number of hydrogen-bond acceptors (Lipinski definition) is 4. The Bertz CT molecular complexity index is 597. The predicted molar refractivity (Wildman–Crippen MR) is 58.8 cm³/mol. The van der Waals surface area contributed by atoms with Gasteiger partial charge in [-0.15, -0.1) is 21.5 Å². The zero-order valence-electron chi connectivity index (χ0n) is 8.08. The van der Waals surface area contributed by atoms with Crippen LogP contribution in [-0.4, -0.2) is 19.8 Å². The quantitative estimate of drug-likeness (QED) is 0.626. The van der Waals surface area contributed by atoms with Crippen molar-refractivity contribution in [3.05, 3.63) is 35.3 Å². The van der Waals surface area contributed by atoms with E-state index in [0.29, 0.717) is 0 Å². The summed E-state index contributed by atoms with van der Waals surface area (Å²) >= 11 is 1.64. The highest BCUT2D eigenvalue weighted by atomic mass is 32.1. The Hall–Kier alpha value is -1.75. The molecule has 0 spiro atoms. The summed E-state index contributed by atoms with van der Waals surface area (Å²) in [6, 6.07) is 7.87. The smallest absolute Gasteiger partial charge is 0.192 e. The molecule has 0 atom stereocenters. The summed E-state index contributed by atoms with van der Waals surface area (Å²) in [5, 5.41) is 14.6. The Morgan fingerprint density at radius 3 is 2.93 bits per heavy atom. The Balaban J connectivity index is 2.32. The van der Waals surface area contributed by atoms with Crippen molar-refractivity contribution in [3.8, 4) is 10.7 Å². The molecule has 74 valence electrons. The van der Waals surface area contributed by atoms with Gasteiger partial charge in [0.1, 0.15) is 0 Å². The second-order valence-electron chi connectivity index (χ2n) is 3.25. The second kappa shape index (κ2) is 3.13. The zero-order valence-corrected chi connectivity index (χ0v) is 8.90. The van der Waals surface area contributed by atoms with Crippen LogP contribution in [0, 0.1) is 6.92 Å². The number of nitrogens with zero attached hydrogens (tertiary/aromatic N) is 4. The molecule has 0 N–H and O–H groups in total. The Morgan fingerprint density at radius 2 is 2.13 bits per heavy atom. The van der Waals surface area contributed by atoms with Crippen LogP contribution in [0.3, 0.4) is 0 Å². The highest BCUT2D eigenvalue weighted by Crippen LogP contribution is 2.22. The maximum absolute atomic E-state index is 4.39. The van der Waals surface area contributed by atoms with Crippen LogP contribution in [-0.2, 0) is 0 Å². The first kappa shape index (κ1) is 8.55. The second-order valence-corrected chi connectivity index (χ2v) is 4.19. The van der Waals surface area contributed by atoms with E-state index in [9.17, 15) is 0 Å². The average molecular weight is 216 g/mol. The van der Waals surface area contributed by atoms with Gasteiger partial charge in [-0.25, -0.2) is 0 Å². The van der Waals surface area contributed by atoms with Crippen molar-refractivity contribution < 1.29 is 0 Å². The number of aryl methyl sites for hydroxylation is 1. The molecule has 0 aliphatic rings. The fourth-order valence-electron chi connectivity index (χ4n) is 1.44. The van der Waals surface area contributed by atoms with Gasteiger partial charge in [0, 0.05) is 0 Å². The summed E-state index contributed by atoms with van der Waals surface area (Å²) < 4.78 is 1.78. The van der Waals surface area contributed by atoms with Crippen molar-refractivity contribution in [2.45, 2.75) is 6.92 Å². The lowest BCUT2D eigenvalue weighted by molar-refractivity contribution is 0.904. The molecule has 0 saturated carbocycles. The van der Waals surface area contributed by atoms with E-state index in [4.69, 9.17) is 0 Å². The van der Waals surface area contributed by atoms with Gasteiger partial charge in [0.15, 0.2) is 11.5 Å². The maximum atomic E-state index is 4.39. The normalized spacial score (nSPS) is 11.0. The first-order chi connectivity index (χ1) is 7.34. The standard InChI is InChI=1S/C10H8N4S/c1-7-4-5-9-11-12-10(14(9)13-7)8-3-2-6-15-8/h2-6H,1H3. The molecule has 0 unspecified atom stereocenters. The number of thiophene rings is 1. The van der Waals surface area contributed by atoms with Gasteiger partial charge in [0.2, 0.25) is 0 Å². The summed E-state index contributed by atoms with van der Waals surface area (Å²) in [4.78, 5) is 1.08. The summed E-state index contributed by atoms with van der Waals surface area (Å²) in [7, 11) is 0. The molecule has 0 saturated heterocycles. The molecule has 3 aromatic heterocycles. The van der Waals surface area contributed by atoms with E-state index >= 15 is 0 Å². The molecule has 5 heteroatoms. The van der Waals surface area contributed by atoms with Crippen molar-refractivity contribution in [2.75, 3.05) is 0 Å². The van der Waals surface area contributed by atoms with E-state index in [0.717, 1.165) is 22.0 Å². The van der Waals surface area contributed by atoms with Crippen LogP contribution >= 0.6 is 11.3 Å². The van der Waals surface area contributed by atoms with Crippen LogP contribution in [0.2, 0.25) is 0 Å². The first-order valence-corrected chi connectivity index (χ1v) is 5.45. The van der Waals surface area contributed by atoms with E-state index in [2.05, 4.69) is 15.3 Å². The molecule has 15 heavy (non-hydrogen) atoms. The van der Waals surface area contributed by atoms with Gasteiger partial charge < -0.3 is 0 Å². The summed E-state index contributed by atoms with van der Waals surface area (Å²) in [5.41, 5.74) is 1.74. The summed E-state index contributed by atoms with van der Waals surface area (Å²) in [6.07, 6.45) is 0. The minimum atomic E-state index is 0.781. The van der Waals surface area contributed by atoms with Crippen LogP contribution < -0.4 is 0 Å². The third kappa shape index (κ3) is 1.32. The lowest BCUT2D eigenvalue weighted by Crippen LogP contribution is -1.95. The lowest BCUT2D eigenvalue weighted by atomic mass is 10.4. The molecule has 0 amide bonds. The van der Waals surface area contributed by atoms with Crippen LogP contribution in [0.25, 0.3) is 16.3 Å². The Kier molecular flexibility index (Phi) is 1.78. The predicted octanol–water partition coefficient (Wildman–Crippen LogP) is 2.16. The van der Waals surface area contributed by atoms with Crippen LogP contribution in [0.5, 0.6) is 0 Å². The fourth-order valence-corrected chi connectivity index (χ4v) is 2.13. The van der Waals surface area contributed by atoms with Gasteiger partial charge in [0.25, 0.3) is 0 Å². The van der Waals surface area contributed by atoms with Crippen molar-refractivity contribution in [2.24, 2.45) is 0 Å². The third-order valence-corrected chi connectivity index (χ3v) is 3.00. The van der Waals surface area contributed by atoms with Crippen molar-refractivity contribution in [1.29, 1.82) is 0 Å². The van der Waals surface area contributed by atoms with Gasteiger partial charge in [0.05, 0.1) is 10.6 Å². The van der Waals surface area contributed by atoms with Crippen molar-refractivity contribution >= 4 is 17.0 Å². The lowest BCUT2D eigenvalue weighted by Gasteiger charge is -1.96. The molecule has 0 aliphatic heterocycles. The zero-order chi connectivity index (χ0) is 10.3. The molecule has 0 bridgehead atoms. The molecule has 3 rings (SSSR count). The topological polar surface area (TPSA) is 43.1 Å². The monoisotopic (exact) mass is 216 g/mol. The molecular formula is C10H8N4S. The van der Waals surface area contributed by atoms with E-state index in [1.807, 2.05) is 36.6 Å². The number of fused-ring (bicyclic) bond motifs is 1. The van der Waals surface area contributed by atoms with E-state index in [1.165, 1.54) is 0 Å². The van der Waals surface area contributed by atoms with Gasteiger partial charge >= 0.3 is 0 Å². The molecule has 0 fully saturated rings. The minimum Gasteiger partial charge on any atom is -0.192 e. The first-order valence-electron chi connectivity index (χ1n) is 4.57. The highest BCUT2D eigenvalue weighted by molar-refractivity contribution is 7.13. The van der Waals surface area contributed by atoms with Crippen molar-refractivity contribution in [1.82, 2.24) is 19.8 Å². The highest BCUT2D eigenvalue weighted by Gasteiger charge is 2.09. The minimum absolute atomic E-state index is 0.781. The molecule has 0 aliphatic carbocycles. The number of rotatable bonds is 1. The molecule has 0 aromatic carbocycles. The molecule has 0 radical (unpaired) electrons. The van der Waals surface area contributed by atoms with Crippen LogP contribution in [0.15, 0.2) is 29.6 Å². The molecule has 3 aromatic rings. The summed E-state index contributed by atoms with van der Waals surface area (Å²) in [5.74, 6) is 0.809. The fraction of sp³-hybridized carbons (Fsp3) is 0.100. The number of hydrogen-bond donors (Lipinski definition) is 0. The van der Waals surface area contributed by atoms with Gasteiger partial charge in [-0.2, -0.15) is 9.61 Å². The van der Waals surface area contributed by atoms with Crippen LogP contribution in [0.1, 0.15) is 5.69 Å². The molecule has 4 nitrogen and oxygen atoms in total. The molecular weight excluding hydrogens is 208 g/mol. The SMILES string of the molecule is Cc1ccc2nnc(-c3cccs3)n2n1. The van der Waals surface area contributed by atoms with E-state index < -0.39 is 0 Å². The third-order valence-electron chi connectivity index (χ3n) is 2.14. The van der Waals surface area contributed by atoms with Crippen LogP contribution in [0.4, 0.5) is 0 Å². The number of aromatic nitrogens is 4. The van der Waals surface area contributed by atoms with Crippen molar-refractivity contribution in [3.63, 3.8) is 0 Å². The van der Waals surface area contributed by atoms with Gasteiger partial charge in [-0.05, 0) is 30.5 Å². The largest absolute Gasteiger partial charge is 0.195 e. The van der Waals surface area contributed by atoms with E-state index in [-0.39, 0.29) is 0 Å². The summed E-state index contributed by atoms with van der Waals surface area (Å²) in [6.45, 7) is 1.96. The Morgan fingerprint density at radius 1 is 1.20 bits per heavy atom. The van der Waals surface area contributed by atoms with Gasteiger partial charge in [-0.1, -0.05) is 6.07 Å². The Labute approximate surface area is 90.2 Å². The van der Waals surface area contributed by atoms with Gasteiger partial charge in [-0.3, -0.25) is 0 Å². The maximum Gasteiger partial charge on any atom is 0.195 e.